The number of primary amides is 1. The highest BCUT2D eigenvalue weighted by molar-refractivity contribution is 6.31. The monoisotopic (exact) mass is 498 g/mol. The summed E-state index contributed by atoms with van der Waals surface area (Å²) in [7, 11) is 0. The standard InChI is InChI=1S/C25H19ClN8O2/c26-17-5-7-21(33-13-29-31-32-33)19(11-17)16-9-18-6-8-22(34(18)23(35)10-16)25-28-12-20(30-25)14-1-3-15(4-2-14)24(27)36/h1-5,7,9-13,22H,6,8H2,(H2,27,36)(H,28,30)/t22-/m0/s1. The molecule has 0 fully saturated rings. The van der Waals surface area contributed by atoms with Crippen LogP contribution in [0.5, 0.6) is 0 Å². The Morgan fingerprint density at radius 3 is 2.67 bits per heavy atom. The number of amides is 1. The number of rotatable bonds is 5. The molecule has 0 saturated heterocycles. The predicted octanol–water partition coefficient (Wildman–Crippen LogP) is 3.17. The van der Waals surface area contributed by atoms with E-state index in [4.69, 9.17) is 17.3 Å². The summed E-state index contributed by atoms with van der Waals surface area (Å²) in [5, 5.41) is 12.0. The number of imidazole rings is 1. The Labute approximate surface area is 209 Å². The lowest BCUT2D eigenvalue weighted by Crippen LogP contribution is -2.23. The summed E-state index contributed by atoms with van der Waals surface area (Å²) in [5.74, 6) is 0.228. The molecule has 0 bridgehead atoms. The molecule has 0 aliphatic carbocycles. The molecule has 11 heteroatoms. The number of nitrogens with zero attached hydrogens (tertiary/aromatic N) is 6. The molecule has 4 heterocycles. The van der Waals surface area contributed by atoms with Crippen molar-refractivity contribution >= 4 is 17.5 Å². The molecule has 0 unspecified atom stereocenters. The molecule has 1 aliphatic heterocycles. The van der Waals surface area contributed by atoms with Gasteiger partial charge >= 0.3 is 0 Å². The lowest BCUT2D eigenvalue weighted by molar-refractivity contribution is 0.100. The van der Waals surface area contributed by atoms with Gasteiger partial charge in [-0.15, -0.1) is 5.10 Å². The van der Waals surface area contributed by atoms with Crippen molar-refractivity contribution in [1.82, 2.24) is 34.7 Å². The molecular weight excluding hydrogens is 480 g/mol. The third kappa shape index (κ3) is 3.77. The Morgan fingerprint density at radius 1 is 1.08 bits per heavy atom. The number of H-pyrrole nitrogens is 1. The number of tetrazole rings is 1. The van der Waals surface area contributed by atoms with E-state index in [1.165, 1.54) is 6.33 Å². The number of hydrogen-bond acceptors (Lipinski definition) is 6. The van der Waals surface area contributed by atoms with E-state index < -0.39 is 5.91 Å². The van der Waals surface area contributed by atoms with Crippen molar-refractivity contribution in [3.63, 3.8) is 0 Å². The Kier molecular flexibility index (Phi) is 5.23. The second kappa shape index (κ2) is 8.58. The Balaban J connectivity index is 1.35. The first-order valence-corrected chi connectivity index (χ1v) is 11.6. The summed E-state index contributed by atoms with van der Waals surface area (Å²) in [5.41, 5.74) is 10.4. The number of aromatic amines is 1. The van der Waals surface area contributed by atoms with Crippen LogP contribution in [0.2, 0.25) is 5.02 Å². The number of pyridine rings is 1. The van der Waals surface area contributed by atoms with Gasteiger partial charge in [-0.05, 0) is 70.8 Å². The van der Waals surface area contributed by atoms with Crippen LogP contribution >= 0.6 is 11.6 Å². The van der Waals surface area contributed by atoms with Gasteiger partial charge in [0.05, 0.1) is 23.6 Å². The SMILES string of the molecule is NC(=O)c1ccc(-c2cnc([C@@H]3CCc4cc(-c5cc(Cl)ccc5-n5cnnn5)cc(=O)n43)[nH]2)cc1. The minimum absolute atomic E-state index is 0.128. The van der Waals surface area contributed by atoms with Gasteiger partial charge in [0, 0.05) is 27.9 Å². The molecule has 3 aromatic heterocycles. The number of hydrogen-bond donors (Lipinski definition) is 2. The number of nitrogens with two attached hydrogens (primary N) is 1. The molecule has 36 heavy (non-hydrogen) atoms. The smallest absolute Gasteiger partial charge is 0.252 e. The van der Waals surface area contributed by atoms with Crippen LogP contribution in [-0.2, 0) is 6.42 Å². The Hall–Kier alpha value is -4.57. The van der Waals surface area contributed by atoms with Crippen molar-refractivity contribution in [2.45, 2.75) is 18.9 Å². The summed E-state index contributed by atoms with van der Waals surface area (Å²) in [4.78, 5) is 32.6. The van der Waals surface area contributed by atoms with Crippen molar-refractivity contribution in [3.05, 3.63) is 99.6 Å². The Bertz CT molecular complexity index is 1650. The lowest BCUT2D eigenvalue weighted by atomic mass is 10.0. The van der Waals surface area contributed by atoms with Crippen LogP contribution in [0.3, 0.4) is 0 Å². The molecule has 178 valence electrons. The molecule has 1 atom stereocenters. The van der Waals surface area contributed by atoms with E-state index in [0.717, 1.165) is 46.6 Å². The zero-order valence-electron chi connectivity index (χ0n) is 18.8. The average Bonchev–Trinajstić information content (AvgIpc) is 3.64. The van der Waals surface area contributed by atoms with Gasteiger partial charge < -0.3 is 15.3 Å². The summed E-state index contributed by atoms with van der Waals surface area (Å²) < 4.78 is 3.32. The van der Waals surface area contributed by atoms with Crippen LogP contribution in [0.15, 0.2) is 71.9 Å². The van der Waals surface area contributed by atoms with Crippen LogP contribution in [0.1, 0.15) is 34.3 Å². The minimum atomic E-state index is -0.476. The highest BCUT2D eigenvalue weighted by Crippen LogP contribution is 2.34. The van der Waals surface area contributed by atoms with Crippen LogP contribution in [0.4, 0.5) is 0 Å². The topological polar surface area (TPSA) is 137 Å². The molecular formula is C25H19ClN8O2. The third-order valence-corrected chi connectivity index (χ3v) is 6.63. The lowest BCUT2D eigenvalue weighted by Gasteiger charge is -2.15. The maximum atomic E-state index is 13.3. The van der Waals surface area contributed by atoms with Crippen molar-refractivity contribution in [1.29, 1.82) is 0 Å². The second-order valence-electron chi connectivity index (χ2n) is 8.54. The maximum absolute atomic E-state index is 13.3. The highest BCUT2D eigenvalue weighted by atomic mass is 35.5. The molecule has 0 radical (unpaired) electrons. The third-order valence-electron chi connectivity index (χ3n) is 6.39. The van der Waals surface area contributed by atoms with E-state index in [0.29, 0.717) is 16.4 Å². The largest absolute Gasteiger partial charge is 0.366 e. The fourth-order valence-corrected chi connectivity index (χ4v) is 4.86. The van der Waals surface area contributed by atoms with E-state index in [1.54, 1.807) is 45.8 Å². The van der Waals surface area contributed by atoms with Gasteiger partial charge in [0.1, 0.15) is 12.2 Å². The predicted molar refractivity (Wildman–Crippen MR) is 133 cm³/mol. The molecule has 1 amide bonds. The van der Waals surface area contributed by atoms with E-state index >= 15 is 0 Å². The summed E-state index contributed by atoms with van der Waals surface area (Å²) in [6.45, 7) is 0. The van der Waals surface area contributed by atoms with Gasteiger partial charge in [-0.2, -0.15) is 4.68 Å². The van der Waals surface area contributed by atoms with Crippen molar-refractivity contribution in [2.75, 3.05) is 0 Å². The van der Waals surface area contributed by atoms with E-state index in [2.05, 4.69) is 25.5 Å². The van der Waals surface area contributed by atoms with Crippen molar-refractivity contribution < 1.29 is 4.79 Å². The number of benzene rings is 2. The normalized spacial score (nSPS) is 14.6. The highest BCUT2D eigenvalue weighted by Gasteiger charge is 2.28. The van der Waals surface area contributed by atoms with E-state index in [9.17, 15) is 9.59 Å². The van der Waals surface area contributed by atoms with E-state index in [1.807, 2.05) is 24.3 Å². The quantitative estimate of drug-likeness (QED) is 0.382. The van der Waals surface area contributed by atoms with Crippen molar-refractivity contribution in [2.24, 2.45) is 5.73 Å². The first kappa shape index (κ1) is 21.9. The number of nitrogens with one attached hydrogen (secondary N) is 1. The molecule has 2 aromatic carbocycles. The van der Waals surface area contributed by atoms with Crippen LogP contribution in [-0.4, -0.2) is 40.6 Å². The van der Waals surface area contributed by atoms with Gasteiger partial charge in [-0.3, -0.25) is 9.59 Å². The van der Waals surface area contributed by atoms with Gasteiger partial charge in [0.15, 0.2) is 0 Å². The molecule has 10 nitrogen and oxygen atoms in total. The molecule has 3 N–H and O–H groups in total. The van der Waals surface area contributed by atoms with Crippen LogP contribution in [0, 0.1) is 0 Å². The zero-order valence-corrected chi connectivity index (χ0v) is 19.6. The zero-order chi connectivity index (χ0) is 24.8. The van der Waals surface area contributed by atoms with Gasteiger partial charge in [0.25, 0.3) is 5.56 Å². The molecule has 5 aromatic rings. The molecule has 0 spiro atoms. The second-order valence-corrected chi connectivity index (χ2v) is 8.97. The first-order chi connectivity index (χ1) is 17.5. The minimum Gasteiger partial charge on any atom is -0.366 e. The number of carbonyl (C=O) groups excluding carboxylic acids is 1. The number of fused-ring (bicyclic) bond motifs is 1. The van der Waals surface area contributed by atoms with Crippen LogP contribution in [0.25, 0.3) is 28.1 Å². The average molecular weight is 499 g/mol. The molecule has 6 rings (SSSR count). The van der Waals surface area contributed by atoms with Gasteiger partial charge in [-0.25, -0.2) is 4.98 Å². The Morgan fingerprint density at radius 2 is 1.92 bits per heavy atom. The number of aryl methyl sites for hydroxylation is 1. The summed E-state index contributed by atoms with van der Waals surface area (Å²) >= 11 is 6.29. The summed E-state index contributed by atoms with van der Waals surface area (Å²) in [6.07, 6.45) is 4.69. The molecule has 1 aliphatic rings. The number of aromatic nitrogens is 7. The fourth-order valence-electron chi connectivity index (χ4n) is 4.69. The van der Waals surface area contributed by atoms with E-state index in [-0.39, 0.29) is 11.6 Å². The number of carbonyl (C=O) groups is 1. The van der Waals surface area contributed by atoms with Crippen molar-refractivity contribution in [3.8, 4) is 28.1 Å². The number of halogens is 1. The van der Waals surface area contributed by atoms with Gasteiger partial charge in [0.2, 0.25) is 5.91 Å². The molecule has 0 saturated carbocycles. The first-order valence-electron chi connectivity index (χ1n) is 11.2. The summed E-state index contributed by atoms with van der Waals surface area (Å²) in [6, 6.07) is 15.8. The van der Waals surface area contributed by atoms with Crippen LogP contribution < -0.4 is 11.3 Å². The maximum Gasteiger partial charge on any atom is 0.252 e. The van der Waals surface area contributed by atoms with Gasteiger partial charge in [-0.1, -0.05) is 23.7 Å². The fraction of sp³-hybridized carbons (Fsp3) is 0.120.